The second-order valence-corrected chi connectivity index (χ2v) is 5.92. The quantitative estimate of drug-likeness (QED) is 0.760. The number of nitrogens with one attached hydrogen (secondary N) is 2. The van der Waals surface area contributed by atoms with Gasteiger partial charge in [0.2, 0.25) is 5.91 Å². The minimum Gasteiger partial charge on any atom is -0.481 e. The zero-order chi connectivity index (χ0) is 17.3. The molecule has 3 N–H and O–H groups in total. The van der Waals surface area contributed by atoms with Gasteiger partial charge < -0.3 is 15.3 Å². The fraction of sp³-hybridized carbons (Fsp3) is 0.375. The molecule has 0 spiro atoms. The van der Waals surface area contributed by atoms with Crippen molar-refractivity contribution in [1.29, 1.82) is 0 Å². The summed E-state index contributed by atoms with van der Waals surface area (Å²) in [4.78, 5) is 37.2. The zero-order valence-electron chi connectivity index (χ0n) is 13.2. The summed E-state index contributed by atoms with van der Waals surface area (Å²) in [7, 11) is 0. The first kappa shape index (κ1) is 16.0. The molecule has 1 aromatic carbocycles. The highest BCUT2D eigenvalue weighted by atomic mass is 16.4. The summed E-state index contributed by atoms with van der Waals surface area (Å²) in [6.07, 6.45) is 0.436. The maximum atomic E-state index is 12.4. The smallest absolute Gasteiger partial charge is 0.308 e. The third-order valence-electron chi connectivity index (χ3n) is 4.25. The Hall–Kier alpha value is -2.90. The molecule has 0 bridgehead atoms. The monoisotopic (exact) mass is 330 g/mol. The van der Waals surface area contributed by atoms with Crippen molar-refractivity contribution in [1.82, 2.24) is 20.4 Å². The van der Waals surface area contributed by atoms with Crippen molar-refractivity contribution >= 4 is 28.7 Å². The van der Waals surface area contributed by atoms with Crippen molar-refractivity contribution < 1.29 is 19.5 Å². The van der Waals surface area contributed by atoms with E-state index in [9.17, 15) is 14.4 Å². The van der Waals surface area contributed by atoms with Gasteiger partial charge in [-0.15, -0.1) is 0 Å². The number of hydrogen-bond donors (Lipinski definition) is 3. The fourth-order valence-corrected chi connectivity index (χ4v) is 2.90. The first-order chi connectivity index (χ1) is 11.5. The maximum Gasteiger partial charge on any atom is 0.308 e. The van der Waals surface area contributed by atoms with Gasteiger partial charge in [0.25, 0.3) is 5.91 Å². The van der Waals surface area contributed by atoms with Crippen LogP contribution in [0.1, 0.15) is 23.8 Å². The lowest BCUT2D eigenvalue weighted by Gasteiger charge is -2.21. The Morgan fingerprint density at radius 2 is 2.12 bits per heavy atom. The van der Waals surface area contributed by atoms with E-state index >= 15 is 0 Å². The van der Waals surface area contributed by atoms with Crippen LogP contribution in [0, 0.1) is 5.92 Å². The number of amides is 2. The van der Waals surface area contributed by atoms with Crippen LogP contribution >= 0.6 is 0 Å². The van der Waals surface area contributed by atoms with Crippen LogP contribution < -0.4 is 5.32 Å². The molecular formula is C16H18N4O4. The highest BCUT2D eigenvalue weighted by Gasteiger charge is 2.33. The van der Waals surface area contributed by atoms with E-state index < -0.39 is 23.8 Å². The molecule has 8 heteroatoms. The van der Waals surface area contributed by atoms with E-state index in [1.165, 1.54) is 4.90 Å². The molecule has 126 valence electrons. The van der Waals surface area contributed by atoms with Crippen molar-refractivity contribution in [2.45, 2.75) is 19.4 Å². The summed E-state index contributed by atoms with van der Waals surface area (Å²) in [5.74, 6) is -2.16. The minimum absolute atomic E-state index is 0.180. The van der Waals surface area contributed by atoms with E-state index in [0.29, 0.717) is 18.4 Å². The van der Waals surface area contributed by atoms with Crippen molar-refractivity contribution in [3.63, 3.8) is 0 Å². The van der Waals surface area contributed by atoms with E-state index in [1.807, 2.05) is 12.1 Å². The van der Waals surface area contributed by atoms with Gasteiger partial charge in [-0.25, -0.2) is 0 Å². The van der Waals surface area contributed by atoms with Crippen LogP contribution in [0.4, 0.5) is 0 Å². The van der Waals surface area contributed by atoms with Gasteiger partial charge in [-0.2, -0.15) is 5.10 Å². The average molecular weight is 330 g/mol. The van der Waals surface area contributed by atoms with Gasteiger partial charge in [0.1, 0.15) is 6.04 Å². The number of aliphatic carboxylic acids is 1. The molecule has 2 amide bonds. The number of hydrogen-bond acceptors (Lipinski definition) is 4. The number of nitrogens with zero attached hydrogens (tertiary/aromatic N) is 2. The molecule has 1 aromatic heterocycles. The number of H-pyrrole nitrogens is 1. The Labute approximate surface area is 137 Å². The summed E-state index contributed by atoms with van der Waals surface area (Å²) < 4.78 is 0. The van der Waals surface area contributed by atoms with Gasteiger partial charge in [0.15, 0.2) is 5.69 Å². The van der Waals surface area contributed by atoms with Gasteiger partial charge in [-0.1, -0.05) is 18.2 Å². The Bertz CT molecular complexity index is 800. The number of fused-ring (bicyclic) bond motifs is 1. The highest BCUT2D eigenvalue weighted by Crippen LogP contribution is 2.18. The molecule has 2 heterocycles. The van der Waals surface area contributed by atoms with E-state index in [1.54, 1.807) is 19.1 Å². The van der Waals surface area contributed by atoms with Gasteiger partial charge in [-0.05, 0) is 19.4 Å². The highest BCUT2D eigenvalue weighted by molar-refractivity contribution is 6.05. The molecule has 1 saturated heterocycles. The van der Waals surface area contributed by atoms with Crippen LogP contribution in [-0.4, -0.2) is 57.1 Å². The van der Waals surface area contributed by atoms with Crippen molar-refractivity contribution in [3.05, 3.63) is 30.0 Å². The standard InChI is InChI=1S/C16H18N4O4/c1-9(15(22)20-7-6-10(8-20)16(23)24)17-14(21)13-11-4-2-3-5-12(11)18-19-13/h2-5,9-10H,6-8H2,1H3,(H,17,21)(H,18,19)(H,23,24). The molecule has 3 rings (SSSR count). The molecule has 8 nitrogen and oxygen atoms in total. The molecule has 1 aliphatic heterocycles. The van der Waals surface area contributed by atoms with Crippen LogP contribution in [0.2, 0.25) is 0 Å². The molecule has 1 aliphatic rings. The number of para-hydroxylation sites is 1. The molecule has 1 fully saturated rings. The SMILES string of the molecule is CC(NC(=O)c1n[nH]c2ccccc12)C(=O)N1CCC(C(=O)O)C1. The number of aromatic nitrogens is 2. The lowest BCUT2D eigenvalue weighted by Crippen LogP contribution is -2.46. The summed E-state index contributed by atoms with van der Waals surface area (Å²) in [5.41, 5.74) is 0.973. The molecule has 2 aromatic rings. The second kappa shape index (κ2) is 6.31. The lowest BCUT2D eigenvalue weighted by molar-refractivity contribution is -0.141. The van der Waals surface area contributed by atoms with Crippen molar-refractivity contribution in [2.75, 3.05) is 13.1 Å². The van der Waals surface area contributed by atoms with Gasteiger partial charge in [-0.3, -0.25) is 19.5 Å². The zero-order valence-corrected chi connectivity index (χ0v) is 13.2. The molecule has 0 aliphatic carbocycles. The first-order valence-electron chi connectivity index (χ1n) is 7.73. The third kappa shape index (κ3) is 2.94. The Balaban J connectivity index is 1.66. The predicted octanol–water partition coefficient (Wildman–Crippen LogP) is 0.614. The predicted molar refractivity (Wildman–Crippen MR) is 85.3 cm³/mol. The third-order valence-corrected chi connectivity index (χ3v) is 4.25. The number of carboxylic acid groups (broad SMARTS) is 1. The number of likely N-dealkylation sites (tertiary alicyclic amines) is 1. The second-order valence-electron chi connectivity index (χ2n) is 5.92. The van der Waals surface area contributed by atoms with Gasteiger partial charge in [0, 0.05) is 18.5 Å². The Morgan fingerprint density at radius 3 is 2.83 bits per heavy atom. The van der Waals surface area contributed by atoms with E-state index in [-0.39, 0.29) is 18.1 Å². The van der Waals surface area contributed by atoms with Crippen LogP contribution in [0.15, 0.2) is 24.3 Å². The van der Waals surface area contributed by atoms with E-state index in [2.05, 4.69) is 15.5 Å². The molecule has 2 atom stereocenters. The summed E-state index contributed by atoms with van der Waals surface area (Å²) in [6, 6.07) is 6.47. The van der Waals surface area contributed by atoms with Crippen LogP contribution in [0.5, 0.6) is 0 Å². The molecular weight excluding hydrogens is 312 g/mol. The number of benzene rings is 1. The maximum absolute atomic E-state index is 12.4. The molecule has 2 unspecified atom stereocenters. The number of carbonyl (C=O) groups excluding carboxylic acids is 2. The van der Waals surface area contributed by atoms with Crippen LogP contribution in [0.25, 0.3) is 10.9 Å². The minimum atomic E-state index is -0.898. The first-order valence-corrected chi connectivity index (χ1v) is 7.73. The fourth-order valence-electron chi connectivity index (χ4n) is 2.90. The van der Waals surface area contributed by atoms with Crippen LogP contribution in [0.3, 0.4) is 0 Å². The summed E-state index contributed by atoms with van der Waals surface area (Å²) in [6.45, 7) is 2.16. The lowest BCUT2D eigenvalue weighted by atomic mass is 10.1. The van der Waals surface area contributed by atoms with Crippen LogP contribution in [-0.2, 0) is 9.59 Å². The molecule has 24 heavy (non-hydrogen) atoms. The van der Waals surface area contributed by atoms with E-state index in [4.69, 9.17) is 5.11 Å². The average Bonchev–Trinajstić information content (AvgIpc) is 3.21. The van der Waals surface area contributed by atoms with Crippen molar-refractivity contribution in [3.8, 4) is 0 Å². The Morgan fingerprint density at radius 1 is 1.38 bits per heavy atom. The molecule has 0 saturated carbocycles. The summed E-state index contributed by atoms with van der Waals surface area (Å²) >= 11 is 0. The van der Waals surface area contributed by atoms with Crippen molar-refractivity contribution in [2.24, 2.45) is 5.92 Å². The molecule has 0 radical (unpaired) electrons. The Kier molecular flexibility index (Phi) is 4.20. The topological polar surface area (TPSA) is 115 Å². The van der Waals surface area contributed by atoms with Gasteiger partial charge in [0.05, 0.1) is 11.4 Å². The normalized spacial score (nSPS) is 18.5. The van der Waals surface area contributed by atoms with E-state index in [0.717, 1.165) is 5.52 Å². The number of carboxylic acids is 1. The van der Waals surface area contributed by atoms with Gasteiger partial charge >= 0.3 is 5.97 Å². The largest absolute Gasteiger partial charge is 0.481 e. The summed E-state index contributed by atoms with van der Waals surface area (Å²) in [5, 5.41) is 19.1. The number of rotatable bonds is 4. The number of aromatic amines is 1. The number of carbonyl (C=O) groups is 3.